The van der Waals surface area contributed by atoms with Gasteiger partial charge in [0.15, 0.2) is 5.13 Å². The number of rotatable bonds is 0. The van der Waals surface area contributed by atoms with Crippen molar-refractivity contribution in [1.29, 1.82) is 0 Å². The molecule has 0 radical (unpaired) electrons. The lowest BCUT2D eigenvalue weighted by atomic mass is 10.0. The van der Waals surface area contributed by atoms with E-state index < -0.39 is 0 Å². The first-order chi connectivity index (χ1) is 5.25. The van der Waals surface area contributed by atoms with Gasteiger partial charge >= 0.3 is 0 Å². The van der Waals surface area contributed by atoms with Crippen LogP contribution in [0.25, 0.3) is 0 Å². The highest BCUT2D eigenvalue weighted by Gasteiger charge is 2.19. The predicted octanol–water partition coefficient (Wildman–Crippen LogP) is 2.02. The Labute approximate surface area is 83.3 Å². The summed E-state index contributed by atoms with van der Waals surface area (Å²) < 4.78 is 0.792. The molecule has 1 heterocycles. The van der Waals surface area contributed by atoms with Crippen molar-refractivity contribution in [3.05, 3.63) is 10.6 Å². The van der Waals surface area contributed by atoms with Crippen LogP contribution in [-0.2, 0) is 12.8 Å². The molecule has 1 aromatic rings. The third-order valence-electron chi connectivity index (χ3n) is 1.90. The maximum Gasteiger partial charge on any atom is 0.180 e. The second-order valence-corrected chi connectivity index (χ2v) is 5.64. The van der Waals surface area contributed by atoms with Gasteiger partial charge in [-0.3, -0.25) is 0 Å². The van der Waals surface area contributed by atoms with Crippen molar-refractivity contribution >= 4 is 39.1 Å². The van der Waals surface area contributed by atoms with Crippen LogP contribution in [-0.4, -0.2) is 8.91 Å². The molecule has 0 aliphatic heterocycles. The first-order valence-corrected chi connectivity index (χ1v) is 5.70. The van der Waals surface area contributed by atoms with Gasteiger partial charge in [-0.15, -0.1) is 11.3 Å². The van der Waals surface area contributed by atoms with Gasteiger partial charge in [0, 0.05) is 8.80 Å². The smallest absolute Gasteiger partial charge is 0.180 e. The summed E-state index contributed by atoms with van der Waals surface area (Å²) in [4.78, 5) is 5.69. The minimum Gasteiger partial charge on any atom is -0.375 e. The summed E-state index contributed by atoms with van der Waals surface area (Å²) in [5, 5.41) is 0.737. The van der Waals surface area contributed by atoms with Crippen LogP contribution in [0, 0.1) is 0 Å². The summed E-state index contributed by atoms with van der Waals surface area (Å²) >= 11 is 4.16. The molecule has 60 valence electrons. The molecule has 1 atom stereocenters. The van der Waals surface area contributed by atoms with Crippen LogP contribution < -0.4 is 5.73 Å². The number of halogens is 1. The molecule has 0 spiro atoms. The summed E-state index contributed by atoms with van der Waals surface area (Å²) in [6, 6.07) is 0. The van der Waals surface area contributed by atoms with Gasteiger partial charge in [0.2, 0.25) is 0 Å². The minimum absolute atomic E-state index is 0.737. The average molecular weight is 280 g/mol. The van der Waals surface area contributed by atoms with E-state index in [4.69, 9.17) is 5.73 Å². The van der Waals surface area contributed by atoms with Crippen molar-refractivity contribution in [3.63, 3.8) is 0 Å². The topological polar surface area (TPSA) is 38.9 Å². The van der Waals surface area contributed by atoms with Crippen molar-refractivity contribution in [3.8, 4) is 0 Å². The second-order valence-electron chi connectivity index (χ2n) is 2.76. The zero-order valence-electron chi connectivity index (χ0n) is 6.01. The number of alkyl halides is 1. The van der Waals surface area contributed by atoms with Gasteiger partial charge < -0.3 is 5.73 Å². The molecule has 0 bridgehead atoms. The van der Waals surface area contributed by atoms with E-state index in [-0.39, 0.29) is 0 Å². The average Bonchev–Trinajstić information content (AvgIpc) is 2.27. The number of anilines is 1. The number of nitrogens with two attached hydrogens (primary N) is 1. The van der Waals surface area contributed by atoms with E-state index in [1.165, 1.54) is 23.4 Å². The van der Waals surface area contributed by atoms with Crippen molar-refractivity contribution in [2.75, 3.05) is 5.73 Å². The molecule has 0 saturated heterocycles. The fourth-order valence-corrected chi connectivity index (χ4v) is 3.36. The van der Waals surface area contributed by atoms with E-state index in [2.05, 4.69) is 27.6 Å². The fraction of sp³-hybridized carbons (Fsp3) is 0.571. The Hall–Kier alpha value is 0.160. The number of fused-ring (bicyclic) bond motifs is 1. The largest absolute Gasteiger partial charge is 0.375 e. The maximum absolute atomic E-state index is 5.61. The molecule has 2 N–H and O–H groups in total. The molecule has 2 rings (SSSR count). The van der Waals surface area contributed by atoms with E-state index in [1.54, 1.807) is 11.3 Å². The van der Waals surface area contributed by atoms with Crippen LogP contribution in [0.4, 0.5) is 5.13 Å². The quantitative estimate of drug-likeness (QED) is 0.583. The molecule has 2 nitrogen and oxygen atoms in total. The highest BCUT2D eigenvalue weighted by Crippen LogP contribution is 2.30. The van der Waals surface area contributed by atoms with Crippen LogP contribution in [0.3, 0.4) is 0 Å². The van der Waals surface area contributed by atoms with E-state index in [0.717, 1.165) is 15.5 Å². The van der Waals surface area contributed by atoms with Crippen LogP contribution in [0.2, 0.25) is 0 Å². The van der Waals surface area contributed by atoms with Crippen molar-refractivity contribution < 1.29 is 0 Å². The lowest BCUT2D eigenvalue weighted by Crippen LogP contribution is -2.11. The Morgan fingerprint density at radius 1 is 1.64 bits per heavy atom. The fourth-order valence-electron chi connectivity index (χ4n) is 1.35. The summed E-state index contributed by atoms with van der Waals surface area (Å²) in [6.07, 6.45) is 3.55. The molecule has 1 aliphatic carbocycles. The third kappa shape index (κ3) is 1.51. The van der Waals surface area contributed by atoms with Gasteiger partial charge in [-0.25, -0.2) is 4.98 Å². The summed E-state index contributed by atoms with van der Waals surface area (Å²) in [6.45, 7) is 0. The van der Waals surface area contributed by atoms with Gasteiger partial charge in [0.1, 0.15) is 0 Å². The van der Waals surface area contributed by atoms with Gasteiger partial charge in [0.05, 0.1) is 5.69 Å². The van der Waals surface area contributed by atoms with Gasteiger partial charge in [-0.2, -0.15) is 0 Å². The maximum atomic E-state index is 5.61. The first-order valence-electron chi connectivity index (χ1n) is 3.64. The zero-order chi connectivity index (χ0) is 7.84. The molecular weight excluding hydrogens is 271 g/mol. The number of thiazole rings is 1. The second kappa shape index (κ2) is 2.90. The molecule has 11 heavy (non-hydrogen) atoms. The molecule has 1 aliphatic rings. The Bertz CT molecular complexity index is 271. The van der Waals surface area contributed by atoms with E-state index >= 15 is 0 Å². The number of hydrogen-bond donors (Lipinski definition) is 1. The summed E-state index contributed by atoms with van der Waals surface area (Å²) in [7, 11) is 0. The van der Waals surface area contributed by atoms with E-state index in [0.29, 0.717) is 0 Å². The van der Waals surface area contributed by atoms with Crippen LogP contribution >= 0.6 is 33.9 Å². The van der Waals surface area contributed by atoms with Gasteiger partial charge in [-0.1, -0.05) is 22.6 Å². The number of hydrogen-bond acceptors (Lipinski definition) is 3. The van der Waals surface area contributed by atoms with Gasteiger partial charge in [0.25, 0.3) is 0 Å². The SMILES string of the molecule is Nc1nc2c(s1)CC(I)CC2. The van der Waals surface area contributed by atoms with Gasteiger partial charge in [-0.05, 0) is 19.3 Å². The molecular formula is C7H9IN2S. The first kappa shape index (κ1) is 7.79. The third-order valence-corrected chi connectivity index (χ3v) is 3.91. The standard InChI is InChI=1S/C7H9IN2S/c8-4-1-2-5-6(3-4)11-7(9)10-5/h4H,1-3H2,(H2,9,10). The normalized spacial score (nSPS) is 23.2. The highest BCUT2D eigenvalue weighted by atomic mass is 127. The Morgan fingerprint density at radius 2 is 2.45 bits per heavy atom. The number of aryl methyl sites for hydroxylation is 1. The Morgan fingerprint density at radius 3 is 3.27 bits per heavy atom. The number of nitrogen functional groups attached to an aromatic ring is 1. The monoisotopic (exact) mass is 280 g/mol. The molecule has 1 unspecified atom stereocenters. The predicted molar refractivity (Wildman–Crippen MR) is 56.4 cm³/mol. The number of aromatic nitrogens is 1. The lowest BCUT2D eigenvalue weighted by Gasteiger charge is -2.14. The summed E-state index contributed by atoms with van der Waals surface area (Å²) in [5.74, 6) is 0. The Balaban J connectivity index is 2.34. The van der Waals surface area contributed by atoms with Crippen LogP contribution in [0.15, 0.2) is 0 Å². The molecule has 0 aromatic carbocycles. The lowest BCUT2D eigenvalue weighted by molar-refractivity contribution is 0.718. The van der Waals surface area contributed by atoms with E-state index in [1.807, 2.05) is 0 Å². The zero-order valence-corrected chi connectivity index (χ0v) is 8.98. The molecule has 1 aromatic heterocycles. The van der Waals surface area contributed by atoms with Crippen molar-refractivity contribution in [1.82, 2.24) is 4.98 Å². The van der Waals surface area contributed by atoms with E-state index in [9.17, 15) is 0 Å². The number of nitrogens with zero attached hydrogens (tertiary/aromatic N) is 1. The molecule has 0 fully saturated rings. The van der Waals surface area contributed by atoms with Crippen LogP contribution in [0.1, 0.15) is 17.0 Å². The minimum atomic E-state index is 0.737. The molecule has 4 heteroatoms. The molecule has 0 amide bonds. The summed E-state index contributed by atoms with van der Waals surface area (Å²) in [5.41, 5.74) is 6.86. The van der Waals surface area contributed by atoms with Crippen molar-refractivity contribution in [2.45, 2.75) is 23.2 Å². The Kier molecular flexibility index (Phi) is 2.05. The highest BCUT2D eigenvalue weighted by molar-refractivity contribution is 14.1. The molecule has 0 saturated carbocycles. The van der Waals surface area contributed by atoms with Crippen molar-refractivity contribution in [2.24, 2.45) is 0 Å². The van der Waals surface area contributed by atoms with Crippen LogP contribution in [0.5, 0.6) is 0 Å².